The number of halogens is 2. The average Bonchev–Trinajstić information content (AvgIpc) is 2.72. The second-order valence-corrected chi connectivity index (χ2v) is 4.93. The van der Waals surface area contributed by atoms with Crippen LogP contribution in [0.1, 0.15) is 30.4 Å². The second kappa shape index (κ2) is 4.42. The van der Waals surface area contributed by atoms with Gasteiger partial charge in [0.1, 0.15) is 5.82 Å². The molecule has 19 heavy (non-hydrogen) atoms. The number of nitrogens with zero attached hydrogens (tertiary/aromatic N) is 2. The molecular weight excluding hydrogens is 248 g/mol. The van der Waals surface area contributed by atoms with Crippen molar-refractivity contribution in [2.24, 2.45) is 5.73 Å². The molecule has 0 saturated heterocycles. The van der Waals surface area contributed by atoms with Gasteiger partial charge in [-0.3, -0.25) is 0 Å². The summed E-state index contributed by atoms with van der Waals surface area (Å²) >= 11 is 0. The first kappa shape index (κ1) is 12.3. The lowest BCUT2D eigenvalue weighted by Crippen LogP contribution is -2.22. The number of hydrogen-bond acceptors (Lipinski definition) is 2. The molecule has 1 aromatic carbocycles. The predicted octanol–water partition coefficient (Wildman–Crippen LogP) is 2.93. The Labute approximate surface area is 110 Å². The Morgan fingerprint density at radius 2 is 2.11 bits per heavy atom. The fourth-order valence-electron chi connectivity index (χ4n) is 2.64. The lowest BCUT2D eigenvalue weighted by atomic mass is 10.1. The van der Waals surface area contributed by atoms with Gasteiger partial charge in [-0.2, -0.15) is 0 Å². The van der Waals surface area contributed by atoms with E-state index >= 15 is 0 Å². The number of benzene rings is 1. The highest BCUT2D eigenvalue weighted by atomic mass is 19.2. The number of aromatic nitrogens is 2. The van der Waals surface area contributed by atoms with E-state index in [-0.39, 0.29) is 6.04 Å². The molecule has 3 rings (SSSR count). The van der Waals surface area contributed by atoms with Crippen molar-refractivity contribution in [3.63, 3.8) is 0 Å². The van der Waals surface area contributed by atoms with Gasteiger partial charge in [0, 0.05) is 17.8 Å². The van der Waals surface area contributed by atoms with Gasteiger partial charge in [-0.05, 0) is 38.0 Å². The fourth-order valence-corrected chi connectivity index (χ4v) is 2.64. The molecule has 1 aliphatic heterocycles. The molecule has 2 heterocycles. The molecule has 3 nitrogen and oxygen atoms in total. The SMILES string of the molecule is Cc1c(-c2ccc(F)c(F)c2)nc2n1CCCC2N. The topological polar surface area (TPSA) is 43.8 Å². The second-order valence-electron chi connectivity index (χ2n) is 4.93. The third kappa shape index (κ3) is 1.94. The van der Waals surface area contributed by atoms with Crippen LogP contribution in [0.2, 0.25) is 0 Å². The third-order valence-electron chi connectivity index (χ3n) is 3.67. The van der Waals surface area contributed by atoms with Crippen molar-refractivity contribution in [1.29, 1.82) is 0 Å². The molecule has 2 aromatic rings. The van der Waals surface area contributed by atoms with Crippen molar-refractivity contribution in [2.75, 3.05) is 0 Å². The van der Waals surface area contributed by atoms with E-state index < -0.39 is 11.6 Å². The summed E-state index contributed by atoms with van der Waals surface area (Å²) in [6, 6.07) is 3.78. The summed E-state index contributed by atoms with van der Waals surface area (Å²) in [5, 5.41) is 0. The molecule has 1 aromatic heterocycles. The van der Waals surface area contributed by atoms with Gasteiger partial charge in [-0.25, -0.2) is 13.8 Å². The van der Waals surface area contributed by atoms with Crippen LogP contribution in [0.3, 0.4) is 0 Å². The molecule has 1 unspecified atom stereocenters. The quantitative estimate of drug-likeness (QED) is 0.859. The monoisotopic (exact) mass is 263 g/mol. The number of rotatable bonds is 1. The third-order valence-corrected chi connectivity index (χ3v) is 3.67. The Bertz CT molecular complexity index is 634. The van der Waals surface area contributed by atoms with Gasteiger partial charge < -0.3 is 10.3 Å². The highest BCUT2D eigenvalue weighted by Crippen LogP contribution is 2.30. The Hall–Kier alpha value is -1.75. The van der Waals surface area contributed by atoms with E-state index in [1.807, 2.05) is 6.92 Å². The van der Waals surface area contributed by atoms with Gasteiger partial charge in [-0.1, -0.05) is 0 Å². The minimum Gasteiger partial charge on any atom is -0.330 e. The van der Waals surface area contributed by atoms with Crippen molar-refractivity contribution in [3.05, 3.63) is 41.4 Å². The van der Waals surface area contributed by atoms with Gasteiger partial charge in [0.2, 0.25) is 0 Å². The van der Waals surface area contributed by atoms with Crippen LogP contribution in [-0.2, 0) is 6.54 Å². The van der Waals surface area contributed by atoms with Crippen molar-refractivity contribution in [2.45, 2.75) is 32.4 Å². The molecular formula is C14H15F2N3. The van der Waals surface area contributed by atoms with E-state index in [2.05, 4.69) is 9.55 Å². The van der Waals surface area contributed by atoms with Crippen molar-refractivity contribution < 1.29 is 8.78 Å². The zero-order chi connectivity index (χ0) is 13.6. The molecule has 0 amide bonds. The summed E-state index contributed by atoms with van der Waals surface area (Å²) in [6.45, 7) is 2.82. The lowest BCUT2D eigenvalue weighted by molar-refractivity contribution is 0.446. The Kier molecular flexibility index (Phi) is 2.86. The molecule has 0 aliphatic carbocycles. The summed E-state index contributed by atoms with van der Waals surface area (Å²) in [7, 11) is 0. The first-order valence-electron chi connectivity index (χ1n) is 6.36. The molecule has 100 valence electrons. The smallest absolute Gasteiger partial charge is 0.159 e. The molecule has 5 heteroatoms. The molecule has 0 saturated carbocycles. The molecule has 0 fully saturated rings. The van der Waals surface area contributed by atoms with E-state index in [1.165, 1.54) is 6.07 Å². The zero-order valence-corrected chi connectivity index (χ0v) is 10.7. The zero-order valence-electron chi connectivity index (χ0n) is 10.7. The molecule has 1 aliphatic rings. The van der Waals surface area contributed by atoms with Crippen LogP contribution in [0.5, 0.6) is 0 Å². The molecule has 1 atom stereocenters. The van der Waals surface area contributed by atoms with Crippen LogP contribution in [0.25, 0.3) is 11.3 Å². The van der Waals surface area contributed by atoms with Gasteiger partial charge in [0.05, 0.1) is 11.7 Å². The number of fused-ring (bicyclic) bond motifs is 1. The van der Waals surface area contributed by atoms with Crippen LogP contribution < -0.4 is 5.73 Å². The van der Waals surface area contributed by atoms with E-state index in [1.54, 1.807) is 6.07 Å². The minimum absolute atomic E-state index is 0.0773. The fraction of sp³-hybridized carbons (Fsp3) is 0.357. The largest absolute Gasteiger partial charge is 0.330 e. The first-order chi connectivity index (χ1) is 9.08. The van der Waals surface area contributed by atoms with Gasteiger partial charge in [-0.15, -0.1) is 0 Å². The predicted molar refractivity (Wildman–Crippen MR) is 68.5 cm³/mol. The summed E-state index contributed by atoms with van der Waals surface area (Å²) in [5.41, 5.74) is 8.27. The van der Waals surface area contributed by atoms with Crippen LogP contribution >= 0.6 is 0 Å². The Morgan fingerprint density at radius 3 is 2.79 bits per heavy atom. The first-order valence-corrected chi connectivity index (χ1v) is 6.36. The maximum atomic E-state index is 13.3. The van der Waals surface area contributed by atoms with Crippen molar-refractivity contribution in [3.8, 4) is 11.3 Å². The highest BCUT2D eigenvalue weighted by Gasteiger charge is 2.23. The normalized spacial score (nSPS) is 18.4. The van der Waals surface area contributed by atoms with Crippen LogP contribution in [0.4, 0.5) is 8.78 Å². The van der Waals surface area contributed by atoms with Crippen molar-refractivity contribution in [1.82, 2.24) is 9.55 Å². The van der Waals surface area contributed by atoms with Gasteiger partial charge in [0.15, 0.2) is 11.6 Å². The molecule has 2 N–H and O–H groups in total. The molecule has 0 spiro atoms. The van der Waals surface area contributed by atoms with Crippen LogP contribution in [-0.4, -0.2) is 9.55 Å². The van der Waals surface area contributed by atoms with Crippen molar-refractivity contribution >= 4 is 0 Å². The van der Waals surface area contributed by atoms with E-state index in [0.717, 1.165) is 37.0 Å². The maximum Gasteiger partial charge on any atom is 0.159 e. The number of imidazole rings is 1. The lowest BCUT2D eigenvalue weighted by Gasteiger charge is -2.20. The average molecular weight is 263 g/mol. The summed E-state index contributed by atoms with van der Waals surface area (Å²) in [5.74, 6) is -0.863. The minimum atomic E-state index is -0.854. The molecule has 0 bridgehead atoms. The van der Waals surface area contributed by atoms with Crippen LogP contribution in [0, 0.1) is 18.6 Å². The Morgan fingerprint density at radius 1 is 1.32 bits per heavy atom. The van der Waals surface area contributed by atoms with E-state index in [9.17, 15) is 8.78 Å². The highest BCUT2D eigenvalue weighted by molar-refractivity contribution is 5.62. The van der Waals surface area contributed by atoms with E-state index in [0.29, 0.717) is 11.3 Å². The standard InChI is InChI=1S/C14H15F2N3/c1-8-13(9-4-5-10(15)11(16)7-9)18-14-12(17)3-2-6-19(8)14/h4-5,7,12H,2-3,6,17H2,1H3. The van der Waals surface area contributed by atoms with Gasteiger partial charge in [0.25, 0.3) is 0 Å². The maximum absolute atomic E-state index is 13.3. The molecule has 0 radical (unpaired) electrons. The number of nitrogens with two attached hydrogens (primary N) is 1. The summed E-state index contributed by atoms with van der Waals surface area (Å²) in [4.78, 5) is 4.52. The van der Waals surface area contributed by atoms with E-state index in [4.69, 9.17) is 5.73 Å². The number of hydrogen-bond donors (Lipinski definition) is 1. The van der Waals surface area contributed by atoms with Gasteiger partial charge >= 0.3 is 0 Å². The summed E-state index contributed by atoms with van der Waals surface area (Å²) in [6.07, 6.45) is 1.93. The summed E-state index contributed by atoms with van der Waals surface area (Å²) < 4.78 is 28.4. The van der Waals surface area contributed by atoms with Crippen LogP contribution in [0.15, 0.2) is 18.2 Å². The Balaban J connectivity index is 2.13.